The molecule has 1 aromatic carbocycles. The van der Waals surface area contributed by atoms with Crippen molar-refractivity contribution in [2.45, 2.75) is 32.4 Å². The van der Waals surface area contributed by atoms with E-state index < -0.39 is 17.7 Å². The van der Waals surface area contributed by atoms with Crippen LogP contribution in [0.4, 0.5) is 16.6 Å². The summed E-state index contributed by atoms with van der Waals surface area (Å²) in [6, 6.07) is 10.5. The molecule has 9 nitrogen and oxygen atoms in total. The molecule has 0 bridgehead atoms. The van der Waals surface area contributed by atoms with Crippen molar-refractivity contribution in [3.8, 4) is 0 Å². The molecule has 10 heteroatoms. The maximum absolute atomic E-state index is 13.7. The van der Waals surface area contributed by atoms with E-state index in [1.54, 1.807) is 11.9 Å². The number of anilines is 2. The Balaban J connectivity index is 1.52. The van der Waals surface area contributed by atoms with E-state index in [9.17, 15) is 9.59 Å². The standard InChI is InChI=1S/C24H30N6O3S/c1-24(2,3)33-23(32)28(4)18(16-8-6-5-7-9-16)21(31)30-13-11-29(12-14-30)19-17-10-15-34-20(17)27-22(25)26-19/h5-10,15,18H,11-14H2,1-4H3,(H2,25,26,27)/t18-/m0/s1. The zero-order chi connectivity index (χ0) is 24.5. The number of rotatable bonds is 4. The lowest BCUT2D eigenvalue weighted by molar-refractivity contribution is -0.137. The highest BCUT2D eigenvalue weighted by Crippen LogP contribution is 2.30. The first-order valence-electron chi connectivity index (χ1n) is 11.2. The van der Waals surface area contributed by atoms with E-state index in [2.05, 4.69) is 14.9 Å². The summed E-state index contributed by atoms with van der Waals surface area (Å²) in [5.74, 6) is 0.898. The first-order valence-corrected chi connectivity index (χ1v) is 12.1. The van der Waals surface area contributed by atoms with Gasteiger partial charge < -0.3 is 20.3 Å². The first kappa shape index (κ1) is 23.7. The van der Waals surface area contributed by atoms with Crippen LogP contribution in [0.1, 0.15) is 32.4 Å². The van der Waals surface area contributed by atoms with Crippen molar-refractivity contribution in [2.24, 2.45) is 0 Å². The number of ether oxygens (including phenoxy) is 1. The molecular weight excluding hydrogens is 452 g/mol. The summed E-state index contributed by atoms with van der Waals surface area (Å²) in [5, 5.41) is 2.93. The zero-order valence-electron chi connectivity index (χ0n) is 19.9. The van der Waals surface area contributed by atoms with Crippen LogP contribution in [0, 0.1) is 0 Å². The van der Waals surface area contributed by atoms with Gasteiger partial charge in [-0.05, 0) is 37.8 Å². The second kappa shape index (κ2) is 9.46. The van der Waals surface area contributed by atoms with Gasteiger partial charge in [0, 0.05) is 33.2 Å². The van der Waals surface area contributed by atoms with Crippen LogP contribution in [0.5, 0.6) is 0 Å². The molecule has 2 aromatic heterocycles. The van der Waals surface area contributed by atoms with Crippen LogP contribution in [0.3, 0.4) is 0 Å². The summed E-state index contributed by atoms with van der Waals surface area (Å²) in [7, 11) is 1.61. The highest BCUT2D eigenvalue weighted by Gasteiger charge is 2.35. The molecular formula is C24H30N6O3S. The number of nitrogens with zero attached hydrogens (tertiary/aromatic N) is 5. The van der Waals surface area contributed by atoms with Gasteiger partial charge in [-0.15, -0.1) is 11.3 Å². The van der Waals surface area contributed by atoms with Gasteiger partial charge in [-0.1, -0.05) is 30.3 Å². The first-order chi connectivity index (χ1) is 16.1. The lowest BCUT2D eigenvalue weighted by atomic mass is 10.0. The predicted molar refractivity (Wildman–Crippen MR) is 134 cm³/mol. The topological polar surface area (TPSA) is 105 Å². The molecule has 0 aliphatic carbocycles. The Kier molecular flexibility index (Phi) is 6.60. The summed E-state index contributed by atoms with van der Waals surface area (Å²) >= 11 is 1.52. The minimum Gasteiger partial charge on any atom is -0.444 e. The van der Waals surface area contributed by atoms with E-state index in [1.807, 2.05) is 62.5 Å². The van der Waals surface area contributed by atoms with Gasteiger partial charge in [-0.25, -0.2) is 9.78 Å². The third-order valence-electron chi connectivity index (χ3n) is 5.63. The van der Waals surface area contributed by atoms with Crippen LogP contribution in [0.25, 0.3) is 10.2 Å². The molecule has 0 saturated carbocycles. The third kappa shape index (κ3) is 5.06. The van der Waals surface area contributed by atoms with E-state index in [1.165, 1.54) is 16.2 Å². The van der Waals surface area contributed by atoms with Crippen molar-refractivity contribution >= 4 is 45.3 Å². The minimum atomic E-state index is -0.777. The van der Waals surface area contributed by atoms with Crippen LogP contribution in [0.15, 0.2) is 41.8 Å². The van der Waals surface area contributed by atoms with E-state index in [4.69, 9.17) is 10.5 Å². The Morgan fingerprint density at radius 2 is 1.76 bits per heavy atom. The van der Waals surface area contributed by atoms with Crippen LogP contribution >= 0.6 is 11.3 Å². The molecule has 1 atom stereocenters. The summed E-state index contributed by atoms with van der Waals surface area (Å²) in [5.41, 5.74) is 6.00. The molecule has 2 amide bonds. The van der Waals surface area contributed by atoms with Gasteiger partial charge in [0.1, 0.15) is 22.3 Å². The molecule has 4 rings (SSSR count). The third-order valence-corrected chi connectivity index (χ3v) is 6.44. The molecule has 1 saturated heterocycles. The fourth-order valence-electron chi connectivity index (χ4n) is 4.01. The molecule has 34 heavy (non-hydrogen) atoms. The van der Waals surface area contributed by atoms with Crippen LogP contribution in [0.2, 0.25) is 0 Å². The summed E-state index contributed by atoms with van der Waals surface area (Å²) < 4.78 is 5.54. The molecule has 1 aliphatic rings. The maximum Gasteiger partial charge on any atom is 0.410 e. The smallest absolute Gasteiger partial charge is 0.410 e. The molecule has 0 unspecified atom stereocenters. The molecule has 1 aliphatic heterocycles. The molecule has 1 fully saturated rings. The number of aromatic nitrogens is 2. The van der Waals surface area contributed by atoms with Crippen molar-refractivity contribution < 1.29 is 14.3 Å². The zero-order valence-corrected chi connectivity index (χ0v) is 20.7. The quantitative estimate of drug-likeness (QED) is 0.606. The normalized spacial score (nSPS) is 15.3. The number of benzene rings is 1. The Labute approximate surface area is 203 Å². The van der Waals surface area contributed by atoms with E-state index in [0.29, 0.717) is 26.2 Å². The Hall–Kier alpha value is -3.40. The molecule has 180 valence electrons. The summed E-state index contributed by atoms with van der Waals surface area (Å²) in [6.45, 7) is 7.63. The second-order valence-corrected chi connectivity index (χ2v) is 10.2. The minimum absolute atomic E-state index is 0.137. The van der Waals surface area contributed by atoms with Gasteiger partial charge in [-0.2, -0.15) is 4.98 Å². The molecule has 3 aromatic rings. The van der Waals surface area contributed by atoms with E-state index in [0.717, 1.165) is 21.6 Å². The number of fused-ring (bicyclic) bond motifs is 1. The average Bonchev–Trinajstić information content (AvgIpc) is 3.26. The molecule has 0 radical (unpaired) electrons. The number of carbonyl (C=O) groups excluding carboxylic acids is 2. The summed E-state index contributed by atoms with van der Waals surface area (Å²) in [4.78, 5) is 41.4. The highest BCUT2D eigenvalue weighted by atomic mass is 32.1. The monoisotopic (exact) mass is 482 g/mol. The summed E-state index contributed by atoms with van der Waals surface area (Å²) in [6.07, 6.45) is -0.537. The maximum atomic E-state index is 13.7. The Morgan fingerprint density at radius 1 is 1.09 bits per heavy atom. The number of nitrogen functional groups attached to an aromatic ring is 1. The Bertz CT molecular complexity index is 1170. The van der Waals surface area contributed by atoms with Crippen LogP contribution in [-0.4, -0.2) is 70.6 Å². The number of hydrogen-bond donors (Lipinski definition) is 1. The Morgan fingerprint density at radius 3 is 2.41 bits per heavy atom. The van der Waals surface area contributed by atoms with Gasteiger partial charge in [0.25, 0.3) is 0 Å². The number of carbonyl (C=O) groups is 2. The fourth-order valence-corrected chi connectivity index (χ4v) is 4.78. The molecule has 2 N–H and O–H groups in total. The molecule has 3 heterocycles. The molecule has 0 spiro atoms. The van der Waals surface area contributed by atoms with E-state index in [-0.39, 0.29) is 11.9 Å². The van der Waals surface area contributed by atoms with Crippen LogP contribution < -0.4 is 10.6 Å². The van der Waals surface area contributed by atoms with Gasteiger partial charge in [-0.3, -0.25) is 9.69 Å². The second-order valence-electron chi connectivity index (χ2n) is 9.26. The average molecular weight is 483 g/mol. The highest BCUT2D eigenvalue weighted by molar-refractivity contribution is 7.16. The van der Waals surface area contributed by atoms with Gasteiger partial charge in [0.15, 0.2) is 0 Å². The fraction of sp³-hybridized carbons (Fsp3) is 0.417. The van der Waals surface area contributed by atoms with Gasteiger partial charge in [0.05, 0.1) is 5.39 Å². The van der Waals surface area contributed by atoms with Gasteiger partial charge in [0.2, 0.25) is 11.9 Å². The van der Waals surface area contributed by atoms with Crippen molar-refractivity contribution in [1.29, 1.82) is 0 Å². The van der Waals surface area contributed by atoms with Crippen molar-refractivity contribution in [2.75, 3.05) is 43.9 Å². The number of piperazine rings is 1. The van der Waals surface area contributed by atoms with Crippen molar-refractivity contribution in [3.05, 3.63) is 47.3 Å². The SMILES string of the molecule is CN(C(=O)OC(C)(C)C)[C@H](C(=O)N1CCN(c2nc(N)nc3sccc23)CC1)c1ccccc1. The van der Waals surface area contributed by atoms with Gasteiger partial charge >= 0.3 is 6.09 Å². The number of hydrogen-bond acceptors (Lipinski definition) is 8. The van der Waals surface area contributed by atoms with E-state index >= 15 is 0 Å². The number of nitrogens with two attached hydrogens (primary N) is 1. The number of likely N-dealkylation sites (N-methyl/N-ethyl adjacent to an activating group) is 1. The van der Waals surface area contributed by atoms with Crippen LogP contribution in [-0.2, 0) is 9.53 Å². The lowest BCUT2D eigenvalue weighted by Gasteiger charge is -2.39. The number of thiophene rings is 1. The van der Waals surface area contributed by atoms with Crippen molar-refractivity contribution in [1.82, 2.24) is 19.8 Å². The number of amides is 2. The largest absolute Gasteiger partial charge is 0.444 e. The predicted octanol–water partition coefficient (Wildman–Crippen LogP) is 3.53. The lowest BCUT2D eigenvalue weighted by Crippen LogP contribution is -2.53. The van der Waals surface area contributed by atoms with Crippen molar-refractivity contribution in [3.63, 3.8) is 0 Å².